The van der Waals surface area contributed by atoms with Crippen LogP contribution < -0.4 is 10.2 Å². The van der Waals surface area contributed by atoms with Crippen LogP contribution in [0.1, 0.15) is 51.1 Å². The first-order valence-corrected chi connectivity index (χ1v) is 8.43. The van der Waals surface area contributed by atoms with Crippen LogP contribution in [-0.2, 0) is 13.0 Å². The van der Waals surface area contributed by atoms with Crippen LogP contribution in [0.2, 0.25) is 0 Å². The Balaban J connectivity index is 2.03. The normalized spacial score (nSPS) is 15.2. The maximum Gasteiger partial charge on any atom is 0.186 e. The Bertz CT molecular complexity index is 396. The van der Waals surface area contributed by atoms with E-state index in [0.29, 0.717) is 5.92 Å². The number of anilines is 1. The topological polar surface area (TPSA) is 28.2 Å². The molecule has 4 heteroatoms. The summed E-state index contributed by atoms with van der Waals surface area (Å²) in [6, 6.07) is 0.761. The average molecular weight is 281 g/mol. The molecule has 1 fully saturated rings. The molecule has 19 heavy (non-hydrogen) atoms. The van der Waals surface area contributed by atoms with Crippen LogP contribution in [0.4, 0.5) is 5.13 Å². The molecule has 0 atom stereocenters. The van der Waals surface area contributed by atoms with Crippen LogP contribution in [-0.4, -0.2) is 24.1 Å². The Morgan fingerprint density at radius 1 is 1.37 bits per heavy atom. The Morgan fingerprint density at radius 3 is 2.63 bits per heavy atom. The number of hydrogen-bond donors (Lipinski definition) is 1. The lowest BCUT2D eigenvalue weighted by Crippen LogP contribution is -2.24. The zero-order chi connectivity index (χ0) is 13.8. The summed E-state index contributed by atoms with van der Waals surface area (Å²) in [4.78, 5) is 8.77. The third kappa shape index (κ3) is 3.93. The predicted octanol–water partition coefficient (Wildman–Crippen LogP) is 3.44. The summed E-state index contributed by atoms with van der Waals surface area (Å²) in [5, 5.41) is 4.78. The lowest BCUT2D eigenvalue weighted by Gasteiger charge is -2.18. The zero-order valence-corrected chi connectivity index (χ0v) is 13.5. The van der Waals surface area contributed by atoms with Crippen molar-refractivity contribution in [1.29, 1.82) is 0 Å². The van der Waals surface area contributed by atoms with E-state index >= 15 is 0 Å². The third-order valence-electron chi connectivity index (χ3n) is 3.51. The molecule has 0 spiro atoms. The van der Waals surface area contributed by atoms with E-state index in [4.69, 9.17) is 4.98 Å². The van der Waals surface area contributed by atoms with Crippen molar-refractivity contribution in [3.8, 4) is 0 Å². The Hall–Kier alpha value is -0.610. The van der Waals surface area contributed by atoms with Crippen molar-refractivity contribution in [3.05, 3.63) is 10.6 Å². The maximum absolute atomic E-state index is 4.86. The molecule has 1 aliphatic rings. The summed E-state index contributed by atoms with van der Waals surface area (Å²) in [5.41, 5.74) is 1.29. The highest BCUT2D eigenvalue weighted by Gasteiger charge is 2.30. The predicted molar refractivity (Wildman–Crippen MR) is 84.1 cm³/mol. The second-order valence-corrected chi connectivity index (χ2v) is 6.82. The van der Waals surface area contributed by atoms with Gasteiger partial charge in [0.25, 0.3) is 0 Å². The van der Waals surface area contributed by atoms with Gasteiger partial charge in [-0.25, -0.2) is 4.98 Å². The van der Waals surface area contributed by atoms with Gasteiger partial charge in [-0.1, -0.05) is 20.8 Å². The van der Waals surface area contributed by atoms with E-state index < -0.39 is 0 Å². The number of aryl methyl sites for hydroxylation is 1. The molecule has 0 radical (unpaired) electrons. The number of rotatable bonds is 8. The summed E-state index contributed by atoms with van der Waals surface area (Å²) in [7, 11) is 0. The molecule has 1 aromatic rings. The highest BCUT2D eigenvalue weighted by atomic mass is 32.1. The summed E-state index contributed by atoms with van der Waals surface area (Å²) < 4.78 is 0. The van der Waals surface area contributed by atoms with Crippen LogP contribution in [0.15, 0.2) is 0 Å². The highest BCUT2D eigenvalue weighted by Crippen LogP contribution is 2.35. The maximum atomic E-state index is 4.86. The van der Waals surface area contributed by atoms with Crippen LogP contribution in [0.5, 0.6) is 0 Å². The number of thiazole rings is 1. The molecular formula is C15H27N3S. The molecule has 0 aromatic carbocycles. The van der Waals surface area contributed by atoms with Crippen molar-refractivity contribution in [2.45, 2.75) is 59.5 Å². The van der Waals surface area contributed by atoms with E-state index in [1.165, 1.54) is 28.5 Å². The second-order valence-electron chi connectivity index (χ2n) is 5.76. The molecule has 1 N–H and O–H groups in total. The molecule has 0 saturated heterocycles. The van der Waals surface area contributed by atoms with Crippen LogP contribution >= 0.6 is 11.3 Å². The number of nitrogens with one attached hydrogen (secondary N) is 1. The molecule has 1 aromatic heterocycles. The van der Waals surface area contributed by atoms with E-state index in [2.05, 4.69) is 37.9 Å². The standard InChI is InChI=1S/C15H27N3S/c1-5-13-14(10-16-9-11(3)4)19-15(17-13)18(6-2)12-7-8-12/h11-12,16H,5-10H2,1-4H3. The third-order valence-corrected chi connectivity index (χ3v) is 4.65. The molecule has 0 unspecified atom stereocenters. The second kappa shape index (κ2) is 6.71. The van der Waals surface area contributed by atoms with Gasteiger partial charge in [-0.2, -0.15) is 0 Å². The van der Waals surface area contributed by atoms with Gasteiger partial charge in [0, 0.05) is 24.0 Å². The first-order chi connectivity index (χ1) is 9.15. The zero-order valence-electron chi connectivity index (χ0n) is 12.7. The summed E-state index contributed by atoms with van der Waals surface area (Å²) >= 11 is 1.89. The summed E-state index contributed by atoms with van der Waals surface area (Å²) in [5.74, 6) is 0.705. The molecule has 0 amide bonds. The van der Waals surface area contributed by atoms with E-state index in [1.54, 1.807) is 0 Å². The Morgan fingerprint density at radius 2 is 2.11 bits per heavy atom. The van der Waals surface area contributed by atoms with Gasteiger partial charge in [0.1, 0.15) is 0 Å². The summed E-state index contributed by atoms with van der Waals surface area (Å²) in [6.07, 6.45) is 3.73. The van der Waals surface area contributed by atoms with Crippen molar-refractivity contribution < 1.29 is 0 Å². The van der Waals surface area contributed by atoms with Gasteiger partial charge < -0.3 is 10.2 Å². The lowest BCUT2D eigenvalue weighted by atomic mass is 10.2. The fourth-order valence-corrected chi connectivity index (χ4v) is 3.57. The Labute approximate surface area is 121 Å². The minimum atomic E-state index is 0.705. The van der Waals surface area contributed by atoms with Gasteiger partial charge in [0.15, 0.2) is 5.13 Å². The highest BCUT2D eigenvalue weighted by molar-refractivity contribution is 7.15. The van der Waals surface area contributed by atoms with Crippen molar-refractivity contribution in [1.82, 2.24) is 10.3 Å². The first kappa shape index (κ1) is 14.8. The van der Waals surface area contributed by atoms with Crippen LogP contribution in [0.25, 0.3) is 0 Å². The van der Waals surface area contributed by atoms with Gasteiger partial charge >= 0.3 is 0 Å². The van der Waals surface area contributed by atoms with E-state index in [-0.39, 0.29) is 0 Å². The average Bonchev–Trinajstić information content (AvgIpc) is 3.11. The van der Waals surface area contributed by atoms with Gasteiger partial charge in [-0.05, 0) is 38.6 Å². The SMILES string of the molecule is CCc1nc(N(CC)C2CC2)sc1CNCC(C)C. The monoisotopic (exact) mass is 281 g/mol. The van der Waals surface area contributed by atoms with E-state index in [0.717, 1.165) is 32.1 Å². The van der Waals surface area contributed by atoms with Crippen molar-refractivity contribution in [3.63, 3.8) is 0 Å². The minimum Gasteiger partial charge on any atom is -0.345 e. The molecule has 1 saturated carbocycles. The Kier molecular flexibility index (Phi) is 5.22. The van der Waals surface area contributed by atoms with E-state index in [9.17, 15) is 0 Å². The van der Waals surface area contributed by atoms with Crippen LogP contribution in [0.3, 0.4) is 0 Å². The fourth-order valence-electron chi connectivity index (χ4n) is 2.32. The number of aromatic nitrogens is 1. The van der Waals surface area contributed by atoms with Crippen molar-refractivity contribution in [2.75, 3.05) is 18.0 Å². The smallest absolute Gasteiger partial charge is 0.186 e. The largest absolute Gasteiger partial charge is 0.345 e. The fraction of sp³-hybridized carbons (Fsp3) is 0.800. The van der Waals surface area contributed by atoms with Gasteiger partial charge in [0.2, 0.25) is 0 Å². The molecule has 2 rings (SSSR count). The van der Waals surface area contributed by atoms with Crippen molar-refractivity contribution >= 4 is 16.5 Å². The van der Waals surface area contributed by atoms with Gasteiger partial charge in [-0.3, -0.25) is 0 Å². The number of hydrogen-bond acceptors (Lipinski definition) is 4. The van der Waals surface area contributed by atoms with Crippen LogP contribution in [0, 0.1) is 5.92 Å². The van der Waals surface area contributed by atoms with Gasteiger partial charge in [-0.15, -0.1) is 11.3 Å². The summed E-state index contributed by atoms with van der Waals surface area (Å²) in [6.45, 7) is 12.1. The minimum absolute atomic E-state index is 0.705. The molecule has 0 aliphatic heterocycles. The molecule has 3 nitrogen and oxygen atoms in total. The molecule has 0 bridgehead atoms. The van der Waals surface area contributed by atoms with E-state index in [1.807, 2.05) is 11.3 Å². The van der Waals surface area contributed by atoms with Gasteiger partial charge in [0.05, 0.1) is 5.69 Å². The van der Waals surface area contributed by atoms with Crippen molar-refractivity contribution in [2.24, 2.45) is 5.92 Å². The quantitative estimate of drug-likeness (QED) is 0.791. The lowest BCUT2D eigenvalue weighted by molar-refractivity contribution is 0.553. The molecule has 108 valence electrons. The number of nitrogens with zero attached hydrogens (tertiary/aromatic N) is 2. The molecule has 1 aliphatic carbocycles. The first-order valence-electron chi connectivity index (χ1n) is 7.61. The molecular weight excluding hydrogens is 254 g/mol. The molecule has 1 heterocycles.